The highest BCUT2D eigenvalue weighted by Gasteiger charge is 2.26. The lowest BCUT2D eigenvalue weighted by Crippen LogP contribution is -2.36. The highest BCUT2D eigenvalue weighted by Crippen LogP contribution is 2.24. The Kier molecular flexibility index (Phi) is 4.31. The fourth-order valence-corrected chi connectivity index (χ4v) is 2.46. The molecular weight excluding hydrogens is 233 g/mol. The van der Waals surface area contributed by atoms with Gasteiger partial charge in [0.15, 0.2) is 0 Å². The van der Waals surface area contributed by atoms with Crippen molar-refractivity contribution < 1.29 is 14.3 Å². The summed E-state index contributed by atoms with van der Waals surface area (Å²) in [5.74, 6) is -1.14. The van der Waals surface area contributed by atoms with Gasteiger partial charge in [-0.25, -0.2) is 4.39 Å². The number of nitrogens with one attached hydrogen (secondary N) is 1. The van der Waals surface area contributed by atoms with Crippen molar-refractivity contribution >= 4 is 5.97 Å². The zero-order chi connectivity index (χ0) is 13.0. The second-order valence-electron chi connectivity index (χ2n) is 4.91. The summed E-state index contributed by atoms with van der Waals surface area (Å²) in [6.45, 7) is 0.664. The lowest BCUT2D eigenvalue weighted by molar-refractivity contribution is -0.143. The largest absolute Gasteiger partial charge is 0.481 e. The van der Waals surface area contributed by atoms with Gasteiger partial charge in [-0.2, -0.15) is 0 Å². The smallest absolute Gasteiger partial charge is 0.306 e. The third-order valence-corrected chi connectivity index (χ3v) is 3.53. The Hall–Kier alpha value is -1.42. The van der Waals surface area contributed by atoms with Gasteiger partial charge in [0.05, 0.1) is 5.92 Å². The van der Waals surface area contributed by atoms with Crippen molar-refractivity contribution in [1.29, 1.82) is 0 Å². The molecule has 0 heterocycles. The molecular formula is C14H18FNO2. The van der Waals surface area contributed by atoms with E-state index >= 15 is 0 Å². The maximum absolute atomic E-state index is 12.7. The minimum atomic E-state index is -0.691. The summed E-state index contributed by atoms with van der Waals surface area (Å²) in [6, 6.07) is 6.64. The summed E-state index contributed by atoms with van der Waals surface area (Å²) in [7, 11) is 0. The molecule has 1 aromatic rings. The predicted molar refractivity (Wildman–Crippen MR) is 66.6 cm³/mol. The molecule has 0 aliphatic heterocycles. The van der Waals surface area contributed by atoms with Crippen molar-refractivity contribution in [2.45, 2.75) is 38.3 Å². The molecule has 0 bridgehead atoms. The first-order chi connectivity index (χ1) is 8.65. The van der Waals surface area contributed by atoms with E-state index in [2.05, 4.69) is 5.32 Å². The number of hydrogen-bond acceptors (Lipinski definition) is 2. The van der Waals surface area contributed by atoms with E-state index in [1.165, 1.54) is 12.1 Å². The average Bonchev–Trinajstić information content (AvgIpc) is 2.38. The number of aliphatic carboxylic acids is 1. The number of carboxylic acid groups (broad SMARTS) is 1. The first-order valence-corrected chi connectivity index (χ1v) is 6.36. The van der Waals surface area contributed by atoms with Gasteiger partial charge in [-0.3, -0.25) is 4.79 Å². The van der Waals surface area contributed by atoms with Crippen LogP contribution in [0.5, 0.6) is 0 Å². The lowest BCUT2D eigenvalue weighted by Gasteiger charge is -2.27. The van der Waals surface area contributed by atoms with Crippen LogP contribution in [0.25, 0.3) is 0 Å². The van der Waals surface area contributed by atoms with Crippen molar-refractivity contribution in [3.8, 4) is 0 Å². The Morgan fingerprint density at radius 3 is 2.72 bits per heavy atom. The molecule has 0 amide bonds. The first-order valence-electron chi connectivity index (χ1n) is 6.36. The molecule has 1 aliphatic rings. The topological polar surface area (TPSA) is 49.3 Å². The van der Waals surface area contributed by atoms with Crippen LogP contribution in [-0.4, -0.2) is 17.1 Å². The van der Waals surface area contributed by atoms with Crippen molar-refractivity contribution in [3.05, 3.63) is 35.6 Å². The van der Waals surface area contributed by atoms with E-state index in [-0.39, 0.29) is 17.8 Å². The lowest BCUT2D eigenvalue weighted by atomic mass is 9.86. The van der Waals surface area contributed by atoms with Crippen LogP contribution in [0.4, 0.5) is 4.39 Å². The Bertz CT molecular complexity index is 405. The molecule has 2 rings (SSSR count). The van der Waals surface area contributed by atoms with Crippen molar-refractivity contribution in [1.82, 2.24) is 5.32 Å². The van der Waals surface area contributed by atoms with Gasteiger partial charge < -0.3 is 10.4 Å². The van der Waals surface area contributed by atoms with E-state index in [9.17, 15) is 9.18 Å². The predicted octanol–water partition coefficient (Wildman–Crippen LogP) is 2.56. The molecule has 2 N–H and O–H groups in total. The van der Waals surface area contributed by atoms with Crippen LogP contribution in [0.3, 0.4) is 0 Å². The summed E-state index contributed by atoms with van der Waals surface area (Å²) < 4.78 is 12.7. The maximum atomic E-state index is 12.7. The van der Waals surface area contributed by atoms with Crippen LogP contribution in [0.15, 0.2) is 24.3 Å². The van der Waals surface area contributed by atoms with Crippen molar-refractivity contribution in [2.24, 2.45) is 5.92 Å². The number of hydrogen-bond donors (Lipinski definition) is 2. The van der Waals surface area contributed by atoms with Crippen LogP contribution >= 0.6 is 0 Å². The number of benzene rings is 1. The molecule has 3 nitrogen and oxygen atoms in total. The van der Waals surface area contributed by atoms with Gasteiger partial charge in [0, 0.05) is 12.6 Å². The highest BCUT2D eigenvalue weighted by atomic mass is 19.1. The standard InChI is InChI=1S/C14H18FNO2/c15-12-6-4-10(5-7-12)9-16-13-3-1-2-11(8-13)14(17)18/h4-7,11,13,16H,1-3,8-9H2,(H,17,18). The molecule has 0 aromatic heterocycles. The van der Waals surface area contributed by atoms with Crippen LogP contribution in [-0.2, 0) is 11.3 Å². The minimum absolute atomic E-state index is 0.218. The first kappa shape index (κ1) is 13.0. The SMILES string of the molecule is O=C(O)C1CCCC(NCc2ccc(F)cc2)C1. The summed E-state index contributed by atoms with van der Waals surface area (Å²) >= 11 is 0. The quantitative estimate of drug-likeness (QED) is 0.864. The molecule has 0 saturated heterocycles. The van der Waals surface area contributed by atoms with Crippen LogP contribution in [0, 0.1) is 11.7 Å². The third kappa shape index (κ3) is 3.53. The van der Waals surface area contributed by atoms with Gasteiger partial charge in [0.1, 0.15) is 5.82 Å². The highest BCUT2D eigenvalue weighted by molar-refractivity contribution is 5.70. The third-order valence-electron chi connectivity index (χ3n) is 3.53. The Labute approximate surface area is 106 Å². The van der Waals surface area contributed by atoms with Crippen molar-refractivity contribution in [3.63, 3.8) is 0 Å². The van der Waals surface area contributed by atoms with Crippen LogP contribution < -0.4 is 5.32 Å². The summed E-state index contributed by atoms with van der Waals surface area (Å²) in [6.07, 6.45) is 3.45. The summed E-state index contributed by atoms with van der Waals surface area (Å²) in [5.41, 5.74) is 1.02. The molecule has 2 unspecified atom stereocenters. The van der Waals surface area contributed by atoms with Crippen LogP contribution in [0.1, 0.15) is 31.2 Å². The van der Waals surface area contributed by atoms with Gasteiger partial charge in [-0.05, 0) is 37.0 Å². The zero-order valence-electron chi connectivity index (χ0n) is 10.2. The summed E-state index contributed by atoms with van der Waals surface area (Å²) in [5, 5.41) is 12.4. The molecule has 1 fully saturated rings. The molecule has 1 saturated carbocycles. The van der Waals surface area contributed by atoms with E-state index in [1.54, 1.807) is 12.1 Å². The van der Waals surface area contributed by atoms with Gasteiger partial charge in [-0.15, -0.1) is 0 Å². The number of carboxylic acids is 1. The average molecular weight is 251 g/mol. The van der Waals surface area contributed by atoms with E-state index in [1.807, 2.05) is 0 Å². The van der Waals surface area contributed by atoms with E-state index in [0.29, 0.717) is 13.0 Å². The minimum Gasteiger partial charge on any atom is -0.481 e. The molecule has 18 heavy (non-hydrogen) atoms. The maximum Gasteiger partial charge on any atom is 0.306 e. The van der Waals surface area contributed by atoms with Gasteiger partial charge in [0.2, 0.25) is 0 Å². The zero-order valence-corrected chi connectivity index (χ0v) is 10.2. The van der Waals surface area contributed by atoms with Crippen molar-refractivity contribution in [2.75, 3.05) is 0 Å². The molecule has 1 aliphatic carbocycles. The van der Waals surface area contributed by atoms with Gasteiger partial charge in [-0.1, -0.05) is 18.6 Å². The van der Waals surface area contributed by atoms with Gasteiger partial charge >= 0.3 is 5.97 Å². The monoisotopic (exact) mass is 251 g/mol. The Balaban J connectivity index is 1.82. The van der Waals surface area contributed by atoms with E-state index in [4.69, 9.17) is 5.11 Å². The molecule has 4 heteroatoms. The number of carbonyl (C=O) groups is 1. The molecule has 1 aromatic carbocycles. The summed E-state index contributed by atoms with van der Waals surface area (Å²) in [4.78, 5) is 10.9. The second-order valence-corrected chi connectivity index (χ2v) is 4.91. The number of halogens is 1. The van der Waals surface area contributed by atoms with E-state index in [0.717, 1.165) is 24.8 Å². The molecule has 0 radical (unpaired) electrons. The molecule has 0 spiro atoms. The molecule has 2 atom stereocenters. The second kappa shape index (κ2) is 5.96. The number of rotatable bonds is 4. The normalized spacial score (nSPS) is 23.8. The van der Waals surface area contributed by atoms with E-state index < -0.39 is 5.97 Å². The molecule has 98 valence electrons. The fourth-order valence-electron chi connectivity index (χ4n) is 2.46. The van der Waals surface area contributed by atoms with Gasteiger partial charge in [0.25, 0.3) is 0 Å². The van der Waals surface area contributed by atoms with Crippen LogP contribution in [0.2, 0.25) is 0 Å². The Morgan fingerprint density at radius 1 is 1.33 bits per heavy atom. The Morgan fingerprint density at radius 2 is 2.06 bits per heavy atom. The fraction of sp³-hybridized carbons (Fsp3) is 0.500.